The summed E-state index contributed by atoms with van der Waals surface area (Å²) in [6, 6.07) is 22.2. The van der Waals surface area contributed by atoms with Crippen molar-refractivity contribution in [1.82, 2.24) is 4.98 Å². The monoisotopic (exact) mass is 445 g/mol. The smallest absolute Gasteiger partial charge is 0.348 e. The van der Waals surface area contributed by atoms with Crippen LogP contribution in [0, 0.1) is 0 Å². The number of carbonyl (C=O) groups is 1. The van der Waals surface area contributed by atoms with Crippen molar-refractivity contribution in [3.63, 3.8) is 0 Å². The average molecular weight is 446 g/mol. The predicted octanol–water partition coefficient (Wildman–Crippen LogP) is 4.10. The molecule has 5 heteroatoms. The molecule has 33 heavy (non-hydrogen) atoms. The van der Waals surface area contributed by atoms with Gasteiger partial charge in [-0.25, -0.2) is 4.79 Å². The van der Waals surface area contributed by atoms with Gasteiger partial charge in [-0.05, 0) is 35.6 Å². The molecule has 1 unspecified atom stereocenters. The van der Waals surface area contributed by atoms with E-state index in [1.165, 1.54) is 5.56 Å². The maximum Gasteiger partial charge on any atom is 0.348 e. The summed E-state index contributed by atoms with van der Waals surface area (Å²) in [7, 11) is 2.24. The molecule has 3 aromatic rings. The highest BCUT2D eigenvalue weighted by Gasteiger charge is 2.44. The minimum atomic E-state index is -1.83. The number of pyridine rings is 1. The van der Waals surface area contributed by atoms with Gasteiger partial charge >= 0.3 is 5.97 Å². The number of nitrogens with zero attached hydrogens (tertiary/aromatic N) is 2. The van der Waals surface area contributed by atoms with Gasteiger partial charge in [-0.1, -0.05) is 66.7 Å². The molecule has 0 radical (unpaired) electrons. The van der Waals surface area contributed by atoms with E-state index in [-0.39, 0.29) is 6.10 Å². The molecule has 1 N–H and O–H groups in total. The minimum Gasteiger partial charge on any atom is -0.454 e. The van der Waals surface area contributed by atoms with Crippen LogP contribution in [0.1, 0.15) is 36.0 Å². The summed E-state index contributed by atoms with van der Waals surface area (Å²) < 4.78 is 6.88. The highest BCUT2D eigenvalue weighted by Crippen LogP contribution is 2.32. The number of likely N-dealkylation sites (N-methyl/N-ethyl adjacent to an activating group) is 1. The SMILES string of the molecule is C[N@@+]1(CCCc2cccnc2)CCCC(OC(=O)C(O)(c2ccccc2)c2ccccc2)C1. The first-order valence-corrected chi connectivity index (χ1v) is 11.8. The molecule has 1 aliphatic heterocycles. The molecule has 1 aromatic heterocycles. The Bertz CT molecular complexity index is 987. The first-order valence-electron chi connectivity index (χ1n) is 11.8. The lowest BCUT2D eigenvalue weighted by Crippen LogP contribution is -2.55. The maximum atomic E-state index is 13.5. The van der Waals surface area contributed by atoms with Crippen molar-refractivity contribution in [2.45, 2.75) is 37.4 Å². The number of aliphatic hydroxyl groups is 1. The van der Waals surface area contributed by atoms with E-state index in [1.807, 2.05) is 48.7 Å². The third-order valence-corrected chi connectivity index (χ3v) is 6.71. The van der Waals surface area contributed by atoms with E-state index in [4.69, 9.17) is 4.74 Å². The van der Waals surface area contributed by atoms with Crippen LogP contribution < -0.4 is 0 Å². The Kier molecular flexibility index (Phi) is 7.21. The normalized spacial score (nSPS) is 20.8. The molecule has 2 heterocycles. The molecule has 0 spiro atoms. The standard InChI is InChI=1S/C28H33N2O3/c1-30(19-9-12-23-11-8-18-29-21-23)20-10-17-26(22-30)33-27(31)28(32,24-13-4-2-5-14-24)25-15-6-3-7-16-25/h2-8,11,13-16,18,21,26,32H,9-10,12,17,19-20,22H2,1H3/q+1/t26?,30-/m1/s1. The third kappa shape index (κ3) is 5.49. The van der Waals surface area contributed by atoms with Crippen LogP contribution in [0.4, 0.5) is 0 Å². The van der Waals surface area contributed by atoms with Crippen molar-refractivity contribution in [1.29, 1.82) is 0 Å². The Balaban J connectivity index is 1.44. The van der Waals surface area contributed by atoms with Crippen LogP contribution >= 0.6 is 0 Å². The van der Waals surface area contributed by atoms with Crippen LogP contribution in [0.25, 0.3) is 0 Å². The van der Waals surface area contributed by atoms with Crippen molar-refractivity contribution in [2.75, 3.05) is 26.7 Å². The van der Waals surface area contributed by atoms with Gasteiger partial charge in [0.2, 0.25) is 5.60 Å². The van der Waals surface area contributed by atoms with E-state index < -0.39 is 11.6 Å². The lowest BCUT2D eigenvalue weighted by Gasteiger charge is -2.41. The van der Waals surface area contributed by atoms with Crippen molar-refractivity contribution in [3.05, 3.63) is 102 Å². The van der Waals surface area contributed by atoms with Crippen molar-refractivity contribution >= 4 is 5.97 Å². The zero-order chi connectivity index (χ0) is 23.2. The second-order valence-corrected chi connectivity index (χ2v) is 9.33. The number of aryl methyl sites for hydroxylation is 1. The largest absolute Gasteiger partial charge is 0.454 e. The second-order valence-electron chi connectivity index (χ2n) is 9.33. The molecule has 172 valence electrons. The van der Waals surface area contributed by atoms with Crippen molar-refractivity contribution < 1.29 is 19.1 Å². The van der Waals surface area contributed by atoms with Gasteiger partial charge in [0.25, 0.3) is 0 Å². The molecule has 5 nitrogen and oxygen atoms in total. The number of likely N-dealkylation sites (tertiary alicyclic amines) is 1. The Labute approximate surface area is 196 Å². The van der Waals surface area contributed by atoms with Crippen molar-refractivity contribution in [3.8, 4) is 0 Å². The van der Waals surface area contributed by atoms with Gasteiger partial charge in [0, 0.05) is 25.2 Å². The van der Waals surface area contributed by atoms with Gasteiger partial charge in [0.1, 0.15) is 6.54 Å². The number of quaternary nitrogens is 1. The fourth-order valence-corrected chi connectivity index (χ4v) is 4.88. The van der Waals surface area contributed by atoms with Gasteiger partial charge in [-0.2, -0.15) is 0 Å². The zero-order valence-electron chi connectivity index (χ0n) is 19.3. The van der Waals surface area contributed by atoms with Gasteiger partial charge in [-0.15, -0.1) is 0 Å². The molecule has 2 atom stereocenters. The molecule has 1 fully saturated rings. The Morgan fingerprint density at radius 3 is 2.33 bits per heavy atom. The van der Waals surface area contributed by atoms with E-state index in [1.54, 1.807) is 30.5 Å². The van der Waals surface area contributed by atoms with Gasteiger partial charge < -0.3 is 14.3 Å². The molecular weight excluding hydrogens is 412 g/mol. The van der Waals surface area contributed by atoms with Crippen LogP contribution in [0.15, 0.2) is 85.2 Å². The maximum absolute atomic E-state index is 13.5. The summed E-state index contributed by atoms with van der Waals surface area (Å²) in [5, 5.41) is 11.7. The van der Waals surface area contributed by atoms with E-state index in [0.29, 0.717) is 11.1 Å². The number of piperidine rings is 1. The number of carbonyl (C=O) groups excluding carboxylic acids is 1. The van der Waals surface area contributed by atoms with Crippen LogP contribution in [0.5, 0.6) is 0 Å². The number of esters is 1. The first kappa shape index (κ1) is 23.1. The molecule has 0 saturated carbocycles. The number of rotatable bonds is 8. The topological polar surface area (TPSA) is 59.4 Å². The van der Waals surface area contributed by atoms with E-state index in [2.05, 4.69) is 18.1 Å². The van der Waals surface area contributed by atoms with Gasteiger partial charge in [-0.3, -0.25) is 4.98 Å². The summed E-state index contributed by atoms with van der Waals surface area (Å²) in [4.78, 5) is 17.7. The molecule has 2 aromatic carbocycles. The number of hydrogen-bond donors (Lipinski definition) is 1. The molecule has 0 amide bonds. The molecular formula is C28H33N2O3+. The number of ether oxygens (including phenoxy) is 1. The zero-order valence-corrected chi connectivity index (χ0v) is 19.3. The average Bonchev–Trinajstić information content (AvgIpc) is 2.85. The van der Waals surface area contributed by atoms with E-state index in [9.17, 15) is 9.90 Å². The van der Waals surface area contributed by atoms with Crippen LogP contribution in [-0.4, -0.2) is 53.3 Å². The highest BCUT2D eigenvalue weighted by atomic mass is 16.6. The fourth-order valence-electron chi connectivity index (χ4n) is 4.88. The molecule has 1 aliphatic rings. The summed E-state index contributed by atoms with van der Waals surface area (Å²) in [6.07, 6.45) is 7.38. The van der Waals surface area contributed by atoms with Crippen LogP contribution in [0.2, 0.25) is 0 Å². The number of benzene rings is 2. The predicted molar refractivity (Wildman–Crippen MR) is 128 cm³/mol. The highest BCUT2D eigenvalue weighted by molar-refractivity contribution is 5.85. The van der Waals surface area contributed by atoms with E-state index >= 15 is 0 Å². The number of aromatic nitrogens is 1. The summed E-state index contributed by atoms with van der Waals surface area (Å²) in [5.74, 6) is -0.603. The molecule has 0 aliphatic carbocycles. The summed E-state index contributed by atoms with van der Waals surface area (Å²) in [5.41, 5.74) is 0.459. The van der Waals surface area contributed by atoms with Crippen molar-refractivity contribution in [2.24, 2.45) is 0 Å². The summed E-state index contributed by atoms with van der Waals surface area (Å²) in [6.45, 7) is 2.85. The lowest BCUT2D eigenvalue weighted by molar-refractivity contribution is -0.917. The summed E-state index contributed by atoms with van der Waals surface area (Å²) >= 11 is 0. The minimum absolute atomic E-state index is 0.214. The van der Waals surface area contributed by atoms with E-state index in [0.717, 1.165) is 49.8 Å². The van der Waals surface area contributed by atoms with Crippen LogP contribution in [-0.2, 0) is 21.6 Å². The second kappa shape index (κ2) is 10.3. The first-order chi connectivity index (χ1) is 16.0. The number of hydrogen-bond acceptors (Lipinski definition) is 4. The fraction of sp³-hybridized carbons (Fsp3) is 0.357. The van der Waals surface area contributed by atoms with Gasteiger partial charge in [0.15, 0.2) is 6.10 Å². The molecule has 0 bridgehead atoms. The Morgan fingerprint density at radius 1 is 1.06 bits per heavy atom. The Hall–Kier alpha value is -3.02. The third-order valence-electron chi connectivity index (χ3n) is 6.71. The molecule has 4 rings (SSSR count). The van der Waals surface area contributed by atoms with Crippen LogP contribution in [0.3, 0.4) is 0 Å². The molecule has 1 saturated heterocycles. The quantitative estimate of drug-likeness (QED) is 0.419. The van der Waals surface area contributed by atoms with Gasteiger partial charge in [0.05, 0.1) is 20.1 Å². The lowest BCUT2D eigenvalue weighted by atomic mass is 9.86. The Morgan fingerprint density at radius 2 is 1.73 bits per heavy atom.